The zero-order valence-electron chi connectivity index (χ0n) is 8.56. The molecule has 3 nitrogen and oxygen atoms in total. The van der Waals surface area contributed by atoms with Crippen LogP contribution in [0.1, 0.15) is 38.4 Å². The summed E-state index contributed by atoms with van der Waals surface area (Å²) in [5.74, 6) is -0.149. The number of pyridine rings is 1. The first-order valence-electron chi connectivity index (χ1n) is 4.83. The van der Waals surface area contributed by atoms with E-state index in [0.29, 0.717) is 6.42 Å². The Kier molecular flexibility index (Phi) is 4.11. The number of nitrogens with zero attached hydrogens (tertiary/aromatic N) is 1. The molecule has 3 heteroatoms. The summed E-state index contributed by atoms with van der Waals surface area (Å²) in [6.45, 7) is 3.81. The van der Waals surface area contributed by atoms with E-state index in [9.17, 15) is 4.79 Å². The molecule has 0 aliphatic carbocycles. The lowest BCUT2D eigenvalue weighted by Crippen LogP contribution is -2.08. The predicted molar refractivity (Wildman–Crippen MR) is 53.7 cm³/mol. The van der Waals surface area contributed by atoms with Crippen molar-refractivity contribution in [2.45, 2.75) is 32.8 Å². The Morgan fingerprint density at radius 1 is 1.64 bits per heavy atom. The monoisotopic (exact) mass is 193 g/mol. The minimum absolute atomic E-state index is 0.149. The van der Waals surface area contributed by atoms with E-state index in [1.807, 2.05) is 26.0 Å². The fourth-order valence-corrected chi connectivity index (χ4v) is 1.14. The van der Waals surface area contributed by atoms with E-state index >= 15 is 0 Å². The van der Waals surface area contributed by atoms with Gasteiger partial charge in [0.05, 0.1) is 0 Å². The van der Waals surface area contributed by atoms with Crippen LogP contribution in [0.4, 0.5) is 0 Å². The lowest BCUT2D eigenvalue weighted by atomic mass is 10.2. The average Bonchev–Trinajstić information content (AvgIpc) is 2.19. The van der Waals surface area contributed by atoms with E-state index < -0.39 is 0 Å². The molecule has 1 atom stereocenters. The third-order valence-electron chi connectivity index (χ3n) is 1.92. The minimum Gasteiger partial charge on any atom is -0.458 e. The molecule has 0 saturated heterocycles. The molecule has 0 amide bonds. The van der Waals surface area contributed by atoms with Crippen molar-refractivity contribution in [1.82, 2.24) is 4.98 Å². The van der Waals surface area contributed by atoms with Crippen molar-refractivity contribution in [2.24, 2.45) is 0 Å². The molecule has 0 aliphatic rings. The van der Waals surface area contributed by atoms with Crippen molar-refractivity contribution in [3.8, 4) is 0 Å². The Morgan fingerprint density at radius 3 is 3.00 bits per heavy atom. The summed E-state index contributed by atoms with van der Waals surface area (Å²) in [6, 6.07) is 3.73. The van der Waals surface area contributed by atoms with Crippen LogP contribution in [-0.4, -0.2) is 11.0 Å². The smallest absolute Gasteiger partial charge is 0.306 e. The molecule has 1 heterocycles. The molecule has 0 N–H and O–H groups in total. The molecule has 1 aromatic heterocycles. The van der Waals surface area contributed by atoms with Crippen molar-refractivity contribution in [3.05, 3.63) is 30.1 Å². The summed E-state index contributed by atoms with van der Waals surface area (Å²) in [7, 11) is 0. The third kappa shape index (κ3) is 3.17. The lowest BCUT2D eigenvalue weighted by Gasteiger charge is -2.12. The van der Waals surface area contributed by atoms with Crippen LogP contribution in [0.25, 0.3) is 0 Å². The summed E-state index contributed by atoms with van der Waals surface area (Å²) >= 11 is 0. The van der Waals surface area contributed by atoms with Gasteiger partial charge in [0.1, 0.15) is 6.10 Å². The zero-order valence-corrected chi connectivity index (χ0v) is 8.56. The van der Waals surface area contributed by atoms with Crippen LogP contribution in [0.2, 0.25) is 0 Å². The molecule has 0 bridgehead atoms. The van der Waals surface area contributed by atoms with Gasteiger partial charge in [0.25, 0.3) is 0 Å². The van der Waals surface area contributed by atoms with E-state index in [1.54, 1.807) is 12.4 Å². The third-order valence-corrected chi connectivity index (χ3v) is 1.92. The second kappa shape index (κ2) is 5.37. The predicted octanol–water partition coefficient (Wildman–Crippen LogP) is 2.49. The first-order valence-corrected chi connectivity index (χ1v) is 4.83. The number of carbonyl (C=O) groups is 1. The van der Waals surface area contributed by atoms with Crippen LogP contribution in [-0.2, 0) is 9.53 Å². The number of rotatable bonds is 4. The number of aromatic nitrogens is 1. The SMILES string of the molecule is CCCC(=O)OC(C)c1cccnc1. The summed E-state index contributed by atoms with van der Waals surface area (Å²) in [4.78, 5) is 15.2. The number of carbonyl (C=O) groups excluding carboxylic acids is 1. The lowest BCUT2D eigenvalue weighted by molar-refractivity contribution is -0.148. The van der Waals surface area contributed by atoms with Crippen molar-refractivity contribution < 1.29 is 9.53 Å². The van der Waals surface area contributed by atoms with Crippen LogP contribution in [0.3, 0.4) is 0 Å². The molecule has 0 radical (unpaired) electrons. The van der Waals surface area contributed by atoms with Gasteiger partial charge in [0.2, 0.25) is 0 Å². The van der Waals surface area contributed by atoms with Gasteiger partial charge < -0.3 is 4.74 Å². The summed E-state index contributed by atoms with van der Waals surface area (Å²) in [5.41, 5.74) is 0.928. The van der Waals surface area contributed by atoms with Gasteiger partial charge in [0.15, 0.2) is 0 Å². The van der Waals surface area contributed by atoms with E-state index in [-0.39, 0.29) is 12.1 Å². The van der Waals surface area contributed by atoms with Gasteiger partial charge in [-0.15, -0.1) is 0 Å². The van der Waals surface area contributed by atoms with Crippen LogP contribution in [0, 0.1) is 0 Å². The molecular formula is C11H15NO2. The molecule has 0 spiro atoms. The maximum Gasteiger partial charge on any atom is 0.306 e. The summed E-state index contributed by atoms with van der Waals surface area (Å²) in [5, 5.41) is 0. The molecule has 1 aromatic rings. The van der Waals surface area contributed by atoms with Gasteiger partial charge in [-0.05, 0) is 19.4 Å². The highest BCUT2D eigenvalue weighted by Crippen LogP contribution is 2.15. The maximum atomic E-state index is 11.2. The highest BCUT2D eigenvalue weighted by atomic mass is 16.5. The zero-order chi connectivity index (χ0) is 10.4. The largest absolute Gasteiger partial charge is 0.458 e. The fraction of sp³-hybridized carbons (Fsp3) is 0.455. The van der Waals surface area contributed by atoms with Gasteiger partial charge in [-0.1, -0.05) is 13.0 Å². The van der Waals surface area contributed by atoms with Gasteiger partial charge >= 0.3 is 5.97 Å². The molecule has 0 saturated carbocycles. The van der Waals surface area contributed by atoms with Crippen LogP contribution < -0.4 is 0 Å². The quantitative estimate of drug-likeness (QED) is 0.689. The molecule has 0 aromatic carbocycles. The number of esters is 1. The number of hydrogen-bond donors (Lipinski definition) is 0. The van der Waals surface area contributed by atoms with E-state index in [4.69, 9.17) is 4.74 Å². The second-order valence-electron chi connectivity index (χ2n) is 3.17. The van der Waals surface area contributed by atoms with Crippen molar-refractivity contribution >= 4 is 5.97 Å². The van der Waals surface area contributed by atoms with Crippen molar-refractivity contribution in [1.29, 1.82) is 0 Å². The van der Waals surface area contributed by atoms with Crippen LogP contribution in [0.15, 0.2) is 24.5 Å². The molecule has 0 aliphatic heterocycles. The normalized spacial score (nSPS) is 12.1. The number of hydrogen-bond acceptors (Lipinski definition) is 3. The van der Waals surface area contributed by atoms with E-state index in [2.05, 4.69) is 4.98 Å². The molecule has 1 unspecified atom stereocenters. The molecular weight excluding hydrogens is 178 g/mol. The van der Waals surface area contributed by atoms with Crippen molar-refractivity contribution in [3.63, 3.8) is 0 Å². The summed E-state index contributed by atoms with van der Waals surface area (Å²) < 4.78 is 5.20. The average molecular weight is 193 g/mol. The van der Waals surface area contributed by atoms with E-state index in [1.165, 1.54) is 0 Å². The molecule has 14 heavy (non-hydrogen) atoms. The van der Waals surface area contributed by atoms with Crippen LogP contribution in [0.5, 0.6) is 0 Å². The van der Waals surface area contributed by atoms with Gasteiger partial charge in [-0.25, -0.2) is 0 Å². The van der Waals surface area contributed by atoms with E-state index in [0.717, 1.165) is 12.0 Å². The highest BCUT2D eigenvalue weighted by molar-refractivity contribution is 5.69. The Hall–Kier alpha value is -1.38. The Balaban J connectivity index is 2.50. The van der Waals surface area contributed by atoms with Gasteiger partial charge in [-0.2, -0.15) is 0 Å². The van der Waals surface area contributed by atoms with Crippen molar-refractivity contribution in [2.75, 3.05) is 0 Å². The number of ether oxygens (including phenoxy) is 1. The molecule has 0 fully saturated rings. The Labute approximate surface area is 84.1 Å². The van der Waals surface area contributed by atoms with Gasteiger partial charge in [-0.3, -0.25) is 9.78 Å². The topological polar surface area (TPSA) is 39.2 Å². The highest BCUT2D eigenvalue weighted by Gasteiger charge is 2.10. The minimum atomic E-state index is -0.206. The maximum absolute atomic E-state index is 11.2. The Morgan fingerprint density at radius 2 is 2.43 bits per heavy atom. The standard InChI is InChI=1S/C11H15NO2/c1-3-5-11(13)14-9(2)10-6-4-7-12-8-10/h4,6-9H,3,5H2,1-2H3. The fourth-order valence-electron chi connectivity index (χ4n) is 1.14. The molecule has 76 valence electrons. The van der Waals surface area contributed by atoms with Crippen LogP contribution >= 0.6 is 0 Å². The Bertz CT molecular complexity index is 285. The first-order chi connectivity index (χ1) is 6.74. The molecule has 1 rings (SSSR count). The first kappa shape index (κ1) is 10.7. The van der Waals surface area contributed by atoms with Gasteiger partial charge in [0, 0.05) is 24.4 Å². The second-order valence-corrected chi connectivity index (χ2v) is 3.17. The summed E-state index contributed by atoms with van der Waals surface area (Å²) in [6.07, 6.45) is 4.50.